The highest BCUT2D eigenvalue weighted by atomic mass is 16.5. The molecule has 0 bridgehead atoms. The van der Waals surface area contributed by atoms with Gasteiger partial charge in [-0.05, 0) is 37.0 Å². The average molecular weight is 236 g/mol. The van der Waals surface area contributed by atoms with Crippen LogP contribution in [-0.4, -0.2) is 17.7 Å². The van der Waals surface area contributed by atoms with Crippen LogP contribution >= 0.6 is 0 Å². The Morgan fingerprint density at radius 1 is 1.41 bits per heavy atom. The predicted octanol–water partition coefficient (Wildman–Crippen LogP) is 3.09. The molecule has 3 nitrogen and oxygen atoms in total. The molecule has 1 rings (SSSR count). The number of hydrogen-bond donors (Lipinski definition) is 1. The van der Waals surface area contributed by atoms with E-state index in [1.54, 1.807) is 18.2 Å². The van der Waals surface area contributed by atoms with Crippen LogP contribution in [0.4, 0.5) is 0 Å². The maximum Gasteiger partial charge on any atom is 0.309 e. The Morgan fingerprint density at radius 2 is 2.12 bits per heavy atom. The highest BCUT2D eigenvalue weighted by molar-refractivity contribution is 5.73. The fourth-order valence-corrected chi connectivity index (χ4v) is 2.01. The van der Waals surface area contributed by atoms with Gasteiger partial charge >= 0.3 is 5.97 Å². The lowest BCUT2D eigenvalue weighted by atomic mass is 9.86. The highest BCUT2D eigenvalue weighted by Crippen LogP contribution is 2.29. The van der Waals surface area contributed by atoms with E-state index in [0.29, 0.717) is 6.61 Å². The Kier molecular flexibility index (Phi) is 5.01. The summed E-state index contributed by atoms with van der Waals surface area (Å²) in [5.74, 6) is -0.0400. The molecule has 2 unspecified atom stereocenters. The van der Waals surface area contributed by atoms with Gasteiger partial charge in [0.15, 0.2) is 0 Å². The van der Waals surface area contributed by atoms with Gasteiger partial charge in [0.1, 0.15) is 5.75 Å². The van der Waals surface area contributed by atoms with Crippen molar-refractivity contribution in [2.75, 3.05) is 6.61 Å². The topological polar surface area (TPSA) is 46.5 Å². The normalized spacial score (nSPS) is 14.1. The predicted molar refractivity (Wildman–Crippen MR) is 66.9 cm³/mol. The third-order valence-electron chi connectivity index (χ3n) is 3.03. The third kappa shape index (κ3) is 3.48. The van der Waals surface area contributed by atoms with Crippen molar-refractivity contribution < 1.29 is 14.6 Å². The molecular formula is C14H20O3. The molecule has 17 heavy (non-hydrogen) atoms. The Bertz CT molecular complexity index is 373. The van der Waals surface area contributed by atoms with Gasteiger partial charge in [0.05, 0.1) is 12.5 Å². The molecule has 0 aliphatic carbocycles. The van der Waals surface area contributed by atoms with Crippen LogP contribution in [0.3, 0.4) is 0 Å². The van der Waals surface area contributed by atoms with Gasteiger partial charge in [-0.15, -0.1) is 0 Å². The van der Waals surface area contributed by atoms with Gasteiger partial charge in [0.2, 0.25) is 0 Å². The second-order valence-electron chi connectivity index (χ2n) is 4.15. The molecule has 0 spiro atoms. The third-order valence-corrected chi connectivity index (χ3v) is 3.03. The van der Waals surface area contributed by atoms with Gasteiger partial charge in [0.25, 0.3) is 0 Å². The number of ether oxygens (including phenoxy) is 1. The minimum Gasteiger partial charge on any atom is -0.508 e. The van der Waals surface area contributed by atoms with Gasteiger partial charge in [0, 0.05) is 0 Å². The first-order valence-corrected chi connectivity index (χ1v) is 6.05. The van der Waals surface area contributed by atoms with Crippen LogP contribution in [0.25, 0.3) is 0 Å². The zero-order valence-corrected chi connectivity index (χ0v) is 10.6. The lowest BCUT2D eigenvalue weighted by Gasteiger charge is -2.21. The number of benzene rings is 1. The zero-order chi connectivity index (χ0) is 12.8. The van der Waals surface area contributed by atoms with Crippen molar-refractivity contribution in [3.05, 3.63) is 29.8 Å². The van der Waals surface area contributed by atoms with E-state index in [1.165, 1.54) is 0 Å². The summed E-state index contributed by atoms with van der Waals surface area (Å²) in [6.45, 7) is 6.17. The number of hydrogen-bond acceptors (Lipinski definition) is 3. The van der Waals surface area contributed by atoms with E-state index in [4.69, 9.17) is 4.74 Å². The molecule has 1 aromatic carbocycles. The summed E-state index contributed by atoms with van der Waals surface area (Å²) in [7, 11) is 0. The quantitative estimate of drug-likeness (QED) is 0.799. The monoisotopic (exact) mass is 236 g/mol. The minimum atomic E-state index is -0.161. The molecule has 0 fully saturated rings. The first-order valence-electron chi connectivity index (χ1n) is 6.05. The van der Waals surface area contributed by atoms with Crippen LogP contribution in [0, 0.1) is 5.92 Å². The van der Waals surface area contributed by atoms with E-state index < -0.39 is 0 Å². The molecule has 0 aliphatic heterocycles. The van der Waals surface area contributed by atoms with Gasteiger partial charge < -0.3 is 9.84 Å². The molecule has 0 saturated carbocycles. The smallest absolute Gasteiger partial charge is 0.309 e. The van der Waals surface area contributed by atoms with Crippen molar-refractivity contribution in [2.45, 2.75) is 33.1 Å². The lowest BCUT2D eigenvalue weighted by Crippen LogP contribution is -2.22. The van der Waals surface area contributed by atoms with E-state index in [0.717, 1.165) is 12.0 Å². The van der Waals surface area contributed by atoms with E-state index in [1.807, 2.05) is 26.8 Å². The van der Waals surface area contributed by atoms with Crippen LogP contribution in [0.5, 0.6) is 5.75 Å². The largest absolute Gasteiger partial charge is 0.508 e. The van der Waals surface area contributed by atoms with Crippen molar-refractivity contribution >= 4 is 5.97 Å². The van der Waals surface area contributed by atoms with Gasteiger partial charge in [-0.1, -0.05) is 26.0 Å². The fraction of sp³-hybridized carbons (Fsp3) is 0.500. The summed E-state index contributed by atoms with van der Waals surface area (Å²) in [5, 5.41) is 9.44. The summed E-state index contributed by atoms with van der Waals surface area (Å²) >= 11 is 0. The number of rotatable bonds is 5. The van der Waals surface area contributed by atoms with Crippen LogP contribution in [0.1, 0.15) is 38.7 Å². The number of aromatic hydroxyl groups is 1. The number of esters is 1. The molecule has 94 valence electrons. The highest BCUT2D eigenvalue weighted by Gasteiger charge is 2.25. The number of phenols is 1. The summed E-state index contributed by atoms with van der Waals surface area (Å²) in [5.41, 5.74) is 0.963. The summed E-state index contributed by atoms with van der Waals surface area (Å²) in [6.07, 6.45) is 0.732. The molecule has 0 radical (unpaired) electrons. The van der Waals surface area contributed by atoms with Crippen LogP contribution in [0.15, 0.2) is 24.3 Å². The molecule has 1 N–H and O–H groups in total. The van der Waals surface area contributed by atoms with Crippen molar-refractivity contribution in [1.29, 1.82) is 0 Å². The van der Waals surface area contributed by atoms with Crippen molar-refractivity contribution in [1.82, 2.24) is 0 Å². The number of carbonyl (C=O) groups is 1. The van der Waals surface area contributed by atoms with Crippen LogP contribution in [0.2, 0.25) is 0 Å². The summed E-state index contributed by atoms with van der Waals surface area (Å²) in [6, 6.07) is 7.04. The average Bonchev–Trinajstić information content (AvgIpc) is 2.30. The maximum absolute atomic E-state index is 11.8. The first kappa shape index (κ1) is 13.6. The molecule has 2 atom stereocenters. The standard InChI is InChI=1S/C14H20O3/c1-4-13(14(16)17-5-2)10(3)11-7-6-8-12(15)9-11/h6-10,13,15H,4-5H2,1-3H3. The second-order valence-corrected chi connectivity index (χ2v) is 4.15. The fourth-order valence-electron chi connectivity index (χ4n) is 2.01. The molecule has 0 saturated heterocycles. The lowest BCUT2D eigenvalue weighted by molar-refractivity contribution is -0.148. The molecule has 0 aromatic heterocycles. The second kappa shape index (κ2) is 6.28. The van der Waals surface area contributed by atoms with E-state index in [9.17, 15) is 9.90 Å². The number of carbonyl (C=O) groups excluding carboxylic acids is 1. The molecule has 0 heterocycles. The Hall–Kier alpha value is -1.51. The Balaban J connectivity index is 2.85. The summed E-state index contributed by atoms with van der Waals surface area (Å²) in [4.78, 5) is 11.8. The van der Waals surface area contributed by atoms with E-state index >= 15 is 0 Å². The zero-order valence-electron chi connectivity index (χ0n) is 10.6. The Labute approximate surface area is 102 Å². The first-order chi connectivity index (χ1) is 8.10. The Morgan fingerprint density at radius 3 is 2.65 bits per heavy atom. The van der Waals surface area contributed by atoms with Crippen molar-refractivity contribution in [3.8, 4) is 5.75 Å². The van der Waals surface area contributed by atoms with Gasteiger partial charge in [-0.25, -0.2) is 0 Å². The molecule has 0 amide bonds. The molecule has 1 aromatic rings. The number of phenolic OH excluding ortho intramolecular Hbond substituents is 1. The van der Waals surface area contributed by atoms with Gasteiger partial charge in [-0.3, -0.25) is 4.79 Å². The molecule has 0 aliphatic rings. The summed E-state index contributed by atoms with van der Waals surface area (Å²) < 4.78 is 5.07. The SMILES string of the molecule is CCOC(=O)C(CC)C(C)c1cccc(O)c1. The van der Waals surface area contributed by atoms with Crippen molar-refractivity contribution in [2.24, 2.45) is 5.92 Å². The van der Waals surface area contributed by atoms with E-state index in [-0.39, 0.29) is 23.6 Å². The minimum absolute atomic E-state index is 0.0474. The molecule has 3 heteroatoms. The van der Waals surface area contributed by atoms with Crippen molar-refractivity contribution in [3.63, 3.8) is 0 Å². The van der Waals surface area contributed by atoms with Crippen LogP contribution in [-0.2, 0) is 9.53 Å². The van der Waals surface area contributed by atoms with Crippen LogP contribution < -0.4 is 0 Å². The van der Waals surface area contributed by atoms with E-state index in [2.05, 4.69) is 0 Å². The van der Waals surface area contributed by atoms with Gasteiger partial charge in [-0.2, -0.15) is 0 Å². The maximum atomic E-state index is 11.8. The molecular weight excluding hydrogens is 216 g/mol.